The molecule has 3 aliphatic rings. The molecule has 3 fully saturated rings. The van der Waals surface area contributed by atoms with Crippen molar-refractivity contribution in [3.8, 4) is 0 Å². The zero-order valence-electron chi connectivity index (χ0n) is 11.6. The number of hydrogen-bond donors (Lipinski definition) is 0. The third-order valence-electron chi connectivity index (χ3n) is 5.89. The molecule has 5 atom stereocenters. The molecule has 20 heavy (non-hydrogen) atoms. The highest BCUT2D eigenvalue weighted by Crippen LogP contribution is 2.59. The second kappa shape index (κ2) is 5.47. The van der Waals surface area contributed by atoms with E-state index < -0.39 is 30.1 Å². The highest BCUT2D eigenvalue weighted by atomic mass is 27.0. The SMILES string of the molecule is FC1CCC2CC(C3CC[CH]([Al])CC3)C(F)(F)C2C1F. The zero-order chi connectivity index (χ0) is 14.5. The Hall–Kier alpha value is 0.252. The van der Waals surface area contributed by atoms with Crippen LogP contribution in [0.25, 0.3) is 0 Å². The van der Waals surface area contributed by atoms with Crippen LogP contribution in [-0.4, -0.2) is 34.6 Å². The van der Waals surface area contributed by atoms with E-state index >= 15 is 0 Å². The summed E-state index contributed by atoms with van der Waals surface area (Å²) in [6.07, 6.45) is 0.825. The summed E-state index contributed by atoms with van der Waals surface area (Å²) in [4.78, 5) is 0. The standard InChI is InChI=1S/C15H21F4.Al/c16-12-7-6-10-8-11(9-4-2-1-3-5-9)15(18,19)13(10)14(12)17;/h1,9-14H,2-8H2;. The van der Waals surface area contributed by atoms with Crippen LogP contribution in [0.3, 0.4) is 0 Å². The highest BCUT2D eigenvalue weighted by molar-refractivity contribution is 6.11. The summed E-state index contributed by atoms with van der Waals surface area (Å²) in [7, 11) is 0. The predicted octanol–water partition coefficient (Wildman–Crippen LogP) is 4.49. The topological polar surface area (TPSA) is 0 Å². The Bertz CT molecular complexity index is 354. The molecule has 0 aromatic heterocycles. The van der Waals surface area contributed by atoms with Crippen molar-refractivity contribution in [2.75, 3.05) is 0 Å². The highest BCUT2D eigenvalue weighted by Gasteiger charge is 2.64. The Morgan fingerprint density at radius 3 is 2.10 bits per heavy atom. The third kappa shape index (κ3) is 2.43. The summed E-state index contributed by atoms with van der Waals surface area (Å²) < 4.78 is 57.3. The molecule has 0 saturated heterocycles. The lowest BCUT2D eigenvalue weighted by Gasteiger charge is -2.37. The van der Waals surface area contributed by atoms with Crippen LogP contribution in [0.5, 0.6) is 0 Å². The minimum Gasteiger partial charge on any atom is -0.244 e. The van der Waals surface area contributed by atoms with E-state index in [1.165, 1.54) is 0 Å². The van der Waals surface area contributed by atoms with Crippen LogP contribution in [0.4, 0.5) is 17.6 Å². The molecule has 0 aliphatic heterocycles. The first-order valence-electron chi connectivity index (χ1n) is 7.82. The third-order valence-corrected chi connectivity index (χ3v) is 6.56. The van der Waals surface area contributed by atoms with Crippen LogP contribution >= 0.6 is 0 Å². The zero-order valence-corrected chi connectivity index (χ0v) is 12.7. The van der Waals surface area contributed by atoms with Gasteiger partial charge in [0.05, 0.1) is 5.92 Å². The number of rotatable bonds is 1. The summed E-state index contributed by atoms with van der Waals surface area (Å²) in [5.74, 6) is -5.43. The molecule has 0 heterocycles. The maximum absolute atomic E-state index is 14.6. The van der Waals surface area contributed by atoms with Crippen molar-refractivity contribution in [1.82, 2.24) is 0 Å². The van der Waals surface area contributed by atoms with Gasteiger partial charge in [0.1, 0.15) is 28.6 Å². The van der Waals surface area contributed by atoms with E-state index in [9.17, 15) is 17.6 Å². The van der Waals surface area contributed by atoms with E-state index in [4.69, 9.17) is 0 Å². The number of alkyl halides is 4. The van der Waals surface area contributed by atoms with Gasteiger partial charge in [-0.05, 0) is 31.1 Å². The lowest BCUT2D eigenvalue weighted by molar-refractivity contribution is -0.138. The van der Waals surface area contributed by atoms with Gasteiger partial charge in [-0.3, -0.25) is 0 Å². The molecule has 112 valence electrons. The molecule has 0 N–H and O–H groups in total. The Kier molecular flexibility index (Phi) is 4.14. The summed E-state index contributed by atoms with van der Waals surface area (Å²) in [5.41, 5.74) is 0. The van der Waals surface area contributed by atoms with E-state index in [-0.39, 0.29) is 18.3 Å². The minimum absolute atomic E-state index is 0.00217. The van der Waals surface area contributed by atoms with Gasteiger partial charge in [-0.25, -0.2) is 17.6 Å². The average molecular weight is 304 g/mol. The van der Waals surface area contributed by atoms with Gasteiger partial charge in [0.25, 0.3) is 5.92 Å². The van der Waals surface area contributed by atoms with Crippen LogP contribution in [0, 0.1) is 23.7 Å². The largest absolute Gasteiger partial charge is 0.257 e. The summed E-state index contributed by atoms with van der Waals surface area (Å²) >= 11 is 2.77. The molecule has 0 spiro atoms. The molecule has 2 radical (unpaired) electrons. The summed E-state index contributed by atoms with van der Waals surface area (Å²) in [6, 6.07) is 0. The van der Waals surface area contributed by atoms with Crippen molar-refractivity contribution in [3.05, 3.63) is 0 Å². The molecular weight excluding hydrogens is 283 g/mol. The average Bonchev–Trinajstić information content (AvgIpc) is 2.67. The Labute approximate surface area is 126 Å². The van der Waals surface area contributed by atoms with Crippen molar-refractivity contribution in [1.29, 1.82) is 0 Å². The van der Waals surface area contributed by atoms with E-state index in [2.05, 4.69) is 16.3 Å². The lowest BCUT2D eigenvalue weighted by Crippen LogP contribution is -2.45. The first-order chi connectivity index (χ1) is 9.41. The molecule has 0 nitrogen and oxygen atoms in total. The molecule has 3 saturated carbocycles. The van der Waals surface area contributed by atoms with E-state index in [1.54, 1.807) is 0 Å². The molecular formula is C15H21AlF4. The maximum Gasteiger partial charge on any atom is 0.257 e. The van der Waals surface area contributed by atoms with Gasteiger partial charge in [-0.2, -0.15) is 0 Å². The minimum atomic E-state index is -3.02. The summed E-state index contributed by atoms with van der Waals surface area (Å²) in [5, 5.41) is 0. The van der Waals surface area contributed by atoms with Crippen LogP contribution in [0.2, 0.25) is 4.78 Å². The lowest BCUT2D eigenvalue weighted by atomic mass is 9.76. The molecule has 5 unspecified atom stereocenters. The number of hydrogen-bond acceptors (Lipinski definition) is 0. The van der Waals surface area contributed by atoms with Crippen molar-refractivity contribution in [3.63, 3.8) is 0 Å². The van der Waals surface area contributed by atoms with Crippen LogP contribution in [0.1, 0.15) is 44.9 Å². The van der Waals surface area contributed by atoms with Gasteiger partial charge in [0.15, 0.2) is 0 Å². The van der Waals surface area contributed by atoms with Gasteiger partial charge in [-0.1, -0.05) is 25.7 Å². The van der Waals surface area contributed by atoms with Crippen molar-refractivity contribution >= 4 is 16.3 Å². The molecule has 5 heteroatoms. The second-order valence-electron chi connectivity index (χ2n) is 7.02. The summed E-state index contributed by atoms with van der Waals surface area (Å²) in [6.45, 7) is 0. The quantitative estimate of drug-likeness (QED) is 0.494. The van der Waals surface area contributed by atoms with E-state index in [1.807, 2.05) is 0 Å². The van der Waals surface area contributed by atoms with Crippen LogP contribution in [0.15, 0.2) is 0 Å². The van der Waals surface area contributed by atoms with E-state index in [0.717, 1.165) is 25.7 Å². The molecule has 3 rings (SSSR count). The Balaban J connectivity index is 1.77. The molecule has 3 aliphatic carbocycles. The Morgan fingerprint density at radius 1 is 0.850 bits per heavy atom. The van der Waals surface area contributed by atoms with Crippen LogP contribution in [-0.2, 0) is 0 Å². The number of halogens is 4. The number of fused-ring (bicyclic) bond motifs is 1. The fourth-order valence-corrected chi connectivity index (χ4v) is 5.16. The Morgan fingerprint density at radius 2 is 1.45 bits per heavy atom. The maximum atomic E-state index is 14.6. The van der Waals surface area contributed by atoms with Gasteiger partial charge in [0.2, 0.25) is 0 Å². The van der Waals surface area contributed by atoms with Crippen molar-refractivity contribution in [2.24, 2.45) is 23.7 Å². The normalized spacial score (nSPS) is 51.7. The van der Waals surface area contributed by atoms with Gasteiger partial charge in [0, 0.05) is 5.92 Å². The first kappa shape index (κ1) is 15.2. The predicted molar refractivity (Wildman–Crippen MR) is 70.5 cm³/mol. The molecule has 0 aromatic rings. The van der Waals surface area contributed by atoms with Crippen molar-refractivity contribution < 1.29 is 17.6 Å². The monoisotopic (exact) mass is 304 g/mol. The molecule has 0 bridgehead atoms. The van der Waals surface area contributed by atoms with Gasteiger partial charge < -0.3 is 0 Å². The smallest absolute Gasteiger partial charge is 0.244 e. The van der Waals surface area contributed by atoms with Gasteiger partial charge >= 0.3 is 0 Å². The first-order valence-corrected chi connectivity index (χ1v) is 8.49. The van der Waals surface area contributed by atoms with E-state index in [0.29, 0.717) is 17.6 Å². The molecule has 0 amide bonds. The van der Waals surface area contributed by atoms with Gasteiger partial charge in [-0.15, -0.1) is 4.78 Å². The fraction of sp³-hybridized carbons (Fsp3) is 1.00. The molecule has 0 aromatic carbocycles. The van der Waals surface area contributed by atoms with Crippen molar-refractivity contribution in [2.45, 2.75) is 68.0 Å². The van der Waals surface area contributed by atoms with Crippen LogP contribution < -0.4 is 0 Å². The second-order valence-corrected chi connectivity index (χ2v) is 7.96. The fourth-order valence-electron chi connectivity index (χ4n) is 4.77.